The average molecular weight is 348 g/mol. The number of aromatic nitrogens is 2. The van der Waals surface area contributed by atoms with E-state index in [1.54, 1.807) is 12.3 Å². The van der Waals surface area contributed by atoms with Crippen LogP contribution < -0.4 is 5.32 Å². The zero-order valence-corrected chi connectivity index (χ0v) is 14.9. The van der Waals surface area contributed by atoms with E-state index in [0.29, 0.717) is 18.1 Å². The van der Waals surface area contributed by atoms with E-state index < -0.39 is 0 Å². The number of nitrogens with one attached hydrogen (secondary N) is 1. The van der Waals surface area contributed by atoms with Gasteiger partial charge in [-0.3, -0.25) is 9.48 Å². The molecule has 128 valence electrons. The van der Waals surface area contributed by atoms with Crippen LogP contribution in [0.2, 0.25) is 5.02 Å². The van der Waals surface area contributed by atoms with Gasteiger partial charge >= 0.3 is 0 Å². The molecular formula is C18H22ClN3O2. The highest BCUT2D eigenvalue weighted by atomic mass is 35.5. The molecule has 1 aliphatic rings. The summed E-state index contributed by atoms with van der Waals surface area (Å²) in [6.07, 6.45) is 4.20. The van der Waals surface area contributed by atoms with E-state index >= 15 is 0 Å². The zero-order valence-electron chi connectivity index (χ0n) is 14.1. The molecule has 0 spiro atoms. The molecule has 1 aromatic carbocycles. The Balaban J connectivity index is 1.77. The third-order valence-corrected chi connectivity index (χ3v) is 4.60. The Morgan fingerprint density at radius 1 is 1.46 bits per heavy atom. The standard InChI is InChI=1S/C18H22ClN3O2/c1-11(2)22-10-13(9-20-22)17-15(6-7-24-17)18(23)21-16-8-14(19)5-4-12(16)3/h4-5,8-11,15,17H,6-7H2,1-3H3,(H,21,23)/t15-,17+/m1/s1. The van der Waals surface area contributed by atoms with Crippen LogP contribution in [0.5, 0.6) is 0 Å². The first-order valence-corrected chi connectivity index (χ1v) is 8.56. The van der Waals surface area contributed by atoms with Crippen molar-refractivity contribution >= 4 is 23.2 Å². The number of nitrogens with zero attached hydrogens (tertiary/aromatic N) is 2. The van der Waals surface area contributed by atoms with E-state index in [9.17, 15) is 4.79 Å². The van der Waals surface area contributed by atoms with E-state index in [0.717, 1.165) is 16.8 Å². The number of anilines is 1. The van der Waals surface area contributed by atoms with Crippen molar-refractivity contribution in [2.45, 2.75) is 39.3 Å². The van der Waals surface area contributed by atoms with Crippen LogP contribution in [-0.4, -0.2) is 22.3 Å². The van der Waals surface area contributed by atoms with Gasteiger partial charge in [0.15, 0.2) is 0 Å². The number of ether oxygens (including phenoxy) is 1. The Morgan fingerprint density at radius 3 is 2.96 bits per heavy atom. The lowest BCUT2D eigenvalue weighted by atomic mass is 9.96. The van der Waals surface area contributed by atoms with Crippen LogP contribution in [0.25, 0.3) is 0 Å². The number of carbonyl (C=O) groups is 1. The van der Waals surface area contributed by atoms with E-state index in [1.165, 1.54) is 0 Å². The molecule has 0 unspecified atom stereocenters. The number of carbonyl (C=O) groups excluding carboxylic acids is 1. The molecule has 2 heterocycles. The maximum atomic E-state index is 12.7. The van der Waals surface area contributed by atoms with Crippen LogP contribution in [0.3, 0.4) is 0 Å². The molecule has 3 rings (SSSR count). The maximum Gasteiger partial charge on any atom is 0.230 e. The minimum Gasteiger partial charge on any atom is -0.373 e. The van der Waals surface area contributed by atoms with E-state index in [4.69, 9.17) is 16.3 Å². The van der Waals surface area contributed by atoms with Crippen molar-refractivity contribution in [3.05, 3.63) is 46.7 Å². The predicted molar refractivity (Wildman–Crippen MR) is 94.2 cm³/mol. The summed E-state index contributed by atoms with van der Waals surface area (Å²) < 4.78 is 7.70. The van der Waals surface area contributed by atoms with Gasteiger partial charge in [0.05, 0.1) is 18.2 Å². The number of amides is 1. The lowest BCUT2D eigenvalue weighted by molar-refractivity contribution is -0.121. The number of rotatable bonds is 4. The molecule has 1 saturated heterocycles. The van der Waals surface area contributed by atoms with Gasteiger partial charge in [0, 0.05) is 35.1 Å². The maximum absolute atomic E-state index is 12.7. The van der Waals surface area contributed by atoms with Crippen LogP contribution in [-0.2, 0) is 9.53 Å². The molecule has 1 aliphatic heterocycles. The second-order valence-corrected chi connectivity index (χ2v) is 6.92. The Labute approximate surface area is 147 Å². The smallest absolute Gasteiger partial charge is 0.230 e. The molecule has 0 saturated carbocycles. The Morgan fingerprint density at radius 2 is 2.25 bits per heavy atom. The fraction of sp³-hybridized carbons (Fsp3) is 0.444. The minimum absolute atomic E-state index is 0.0415. The van der Waals surface area contributed by atoms with E-state index in [-0.39, 0.29) is 24.0 Å². The topological polar surface area (TPSA) is 56.1 Å². The highest BCUT2D eigenvalue weighted by molar-refractivity contribution is 6.31. The molecule has 1 N–H and O–H groups in total. The second kappa shape index (κ2) is 6.95. The van der Waals surface area contributed by atoms with Gasteiger partial charge in [-0.25, -0.2) is 0 Å². The number of benzene rings is 1. The fourth-order valence-electron chi connectivity index (χ4n) is 2.92. The summed E-state index contributed by atoms with van der Waals surface area (Å²) in [5.74, 6) is -0.270. The zero-order chi connectivity index (χ0) is 17.3. The van der Waals surface area contributed by atoms with Crippen molar-refractivity contribution in [2.75, 3.05) is 11.9 Å². The van der Waals surface area contributed by atoms with Gasteiger partial charge in [0.2, 0.25) is 5.91 Å². The van der Waals surface area contributed by atoms with Crippen molar-refractivity contribution in [2.24, 2.45) is 5.92 Å². The fourth-order valence-corrected chi connectivity index (χ4v) is 3.10. The van der Waals surface area contributed by atoms with Gasteiger partial charge in [-0.15, -0.1) is 0 Å². The van der Waals surface area contributed by atoms with Gasteiger partial charge in [-0.1, -0.05) is 17.7 Å². The average Bonchev–Trinajstić information content (AvgIpc) is 3.18. The summed E-state index contributed by atoms with van der Waals surface area (Å²) in [6.45, 7) is 6.65. The molecule has 24 heavy (non-hydrogen) atoms. The normalized spacial score (nSPS) is 20.5. The van der Waals surface area contributed by atoms with Gasteiger partial charge < -0.3 is 10.1 Å². The molecule has 2 aromatic rings. The van der Waals surface area contributed by atoms with Crippen LogP contribution in [0.15, 0.2) is 30.6 Å². The number of halogens is 1. The third-order valence-electron chi connectivity index (χ3n) is 4.37. The minimum atomic E-state index is -0.253. The molecule has 1 aromatic heterocycles. The first kappa shape index (κ1) is 17.0. The third kappa shape index (κ3) is 3.47. The summed E-state index contributed by atoms with van der Waals surface area (Å²) in [6, 6.07) is 5.76. The summed E-state index contributed by atoms with van der Waals surface area (Å²) in [5.41, 5.74) is 2.68. The molecular weight excluding hydrogens is 326 g/mol. The van der Waals surface area contributed by atoms with Crippen molar-refractivity contribution in [3.63, 3.8) is 0 Å². The van der Waals surface area contributed by atoms with Crippen LogP contribution in [0, 0.1) is 12.8 Å². The summed E-state index contributed by atoms with van der Waals surface area (Å²) >= 11 is 6.03. The molecule has 1 fully saturated rings. The number of aryl methyl sites for hydroxylation is 1. The molecule has 0 bridgehead atoms. The first-order valence-electron chi connectivity index (χ1n) is 8.18. The quantitative estimate of drug-likeness (QED) is 0.904. The largest absolute Gasteiger partial charge is 0.373 e. The molecule has 0 aliphatic carbocycles. The second-order valence-electron chi connectivity index (χ2n) is 6.48. The van der Waals surface area contributed by atoms with Crippen LogP contribution >= 0.6 is 11.6 Å². The van der Waals surface area contributed by atoms with Gasteiger partial charge in [-0.2, -0.15) is 5.10 Å². The van der Waals surface area contributed by atoms with Gasteiger partial charge in [0.1, 0.15) is 0 Å². The molecule has 5 nitrogen and oxygen atoms in total. The van der Waals surface area contributed by atoms with E-state index in [1.807, 2.05) is 29.9 Å². The number of hydrogen-bond acceptors (Lipinski definition) is 3. The van der Waals surface area contributed by atoms with Crippen molar-refractivity contribution in [1.82, 2.24) is 9.78 Å². The molecule has 6 heteroatoms. The Bertz CT molecular complexity index is 742. The summed E-state index contributed by atoms with van der Waals surface area (Å²) in [4.78, 5) is 12.7. The van der Waals surface area contributed by atoms with Crippen LogP contribution in [0.4, 0.5) is 5.69 Å². The monoisotopic (exact) mass is 347 g/mol. The summed E-state index contributed by atoms with van der Waals surface area (Å²) in [5, 5.41) is 7.95. The highest BCUT2D eigenvalue weighted by Crippen LogP contribution is 2.35. The van der Waals surface area contributed by atoms with Crippen molar-refractivity contribution in [3.8, 4) is 0 Å². The van der Waals surface area contributed by atoms with Crippen molar-refractivity contribution in [1.29, 1.82) is 0 Å². The Hall–Kier alpha value is -1.85. The SMILES string of the molecule is Cc1ccc(Cl)cc1NC(=O)[C@@H]1CCO[C@H]1c1cnn(C(C)C)c1. The lowest BCUT2D eigenvalue weighted by Crippen LogP contribution is -2.25. The summed E-state index contributed by atoms with van der Waals surface area (Å²) in [7, 11) is 0. The van der Waals surface area contributed by atoms with E-state index in [2.05, 4.69) is 24.3 Å². The van der Waals surface area contributed by atoms with Crippen molar-refractivity contribution < 1.29 is 9.53 Å². The number of hydrogen-bond donors (Lipinski definition) is 1. The Kier molecular flexibility index (Phi) is 4.92. The highest BCUT2D eigenvalue weighted by Gasteiger charge is 2.36. The molecule has 2 atom stereocenters. The van der Waals surface area contributed by atoms with Gasteiger partial charge in [-0.05, 0) is 44.9 Å². The van der Waals surface area contributed by atoms with Gasteiger partial charge in [0.25, 0.3) is 0 Å². The van der Waals surface area contributed by atoms with Crippen LogP contribution in [0.1, 0.15) is 43.5 Å². The lowest BCUT2D eigenvalue weighted by Gasteiger charge is -2.18. The molecule has 1 amide bonds. The first-order chi connectivity index (χ1) is 11.5. The predicted octanol–water partition coefficient (Wildman–Crippen LogP) is 4.14. The molecule has 0 radical (unpaired) electrons.